The largest absolute Gasteiger partial charge is 0.309 e. The van der Waals surface area contributed by atoms with Crippen LogP contribution in [0, 0.1) is 17.2 Å². The van der Waals surface area contributed by atoms with Crippen LogP contribution in [0.3, 0.4) is 0 Å². The lowest BCUT2D eigenvalue weighted by molar-refractivity contribution is 0.285. The van der Waals surface area contributed by atoms with Gasteiger partial charge in [-0.2, -0.15) is 5.26 Å². The summed E-state index contributed by atoms with van der Waals surface area (Å²) in [6.07, 6.45) is 6.72. The fourth-order valence-electron chi connectivity index (χ4n) is 2.55. The minimum absolute atomic E-state index is 0.686. The molecule has 0 unspecified atom stereocenters. The Bertz CT molecular complexity index is 383. The normalized spacial score (nSPS) is 24.5. The summed E-state index contributed by atoms with van der Waals surface area (Å²) in [6, 6.07) is 6.85. The van der Waals surface area contributed by atoms with Gasteiger partial charge in [0.1, 0.15) is 10.9 Å². The molecular formula is C14H20N2S. The van der Waals surface area contributed by atoms with Crippen molar-refractivity contribution in [3.63, 3.8) is 0 Å². The molecule has 1 heterocycles. The Labute approximate surface area is 108 Å². The zero-order valence-corrected chi connectivity index (χ0v) is 11.2. The van der Waals surface area contributed by atoms with Crippen LogP contribution in [-0.2, 0) is 6.54 Å². The molecule has 3 heteroatoms. The summed E-state index contributed by atoms with van der Waals surface area (Å²) in [5.74, 6) is 0.958. The molecule has 0 bridgehead atoms. The van der Waals surface area contributed by atoms with E-state index in [2.05, 4.69) is 24.4 Å². The number of rotatable bonds is 4. The Balaban J connectivity index is 1.74. The van der Waals surface area contributed by atoms with Gasteiger partial charge in [-0.3, -0.25) is 0 Å². The van der Waals surface area contributed by atoms with Gasteiger partial charge in [0, 0.05) is 17.5 Å². The highest BCUT2D eigenvalue weighted by Crippen LogP contribution is 2.26. The third-order valence-corrected chi connectivity index (χ3v) is 4.75. The second kappa shape index (κ2) is 6.18. The highest BCUT2D eigenvalue weighted by Gasteiger charge is 2.19. The highest BCUT2D eigenvalue weighted by atomic mass is 32.1. The van der Waals surface area contributed by atoms with Gasteiger partial charge in [0.05, 0.1) is 0 Å². The lowest BCUT2D eigenvalue weighted by atomic mass is 9.84. The molecule has 92 valence electrons. The topological polar surface area (TPSA) is 35.8 Å². The van der Waals surface area contributed by atoms with E-state index in [1.165, 1.54) is 37.0 Å². The molecule has 1 aliphatic carbocycles. The Morgan fingerprint density at radius 2 is 2.12 bits per heavy atom. The Morgan fingerprint density at radius 1 is 1.35 bits per heavy atom. The number of nitriles is 1. The molecule has 0 aromatic carbocycles. The first kappa shape index (κ1) is 12.6. The molecule has 17 heavy (non-hydrogen) atoms. The van der Waals surface area contributed by atoms with Gasteiger partial charge < -0.3 is 5.32 Å². The molecule has 1 N–H and O–H groups in total. The van der Waals surface area contributed by atoms with Gasteiger partial charge in [0.25, 0.3) is 0 Å². The average molecular weight is 248 g/mol. The molecule has 2 nitrogen and oxygen atoms in total. The molecule has 2 rings (SSSR count). The van der Waals surface area contributed by atoms with Gasteiger partial charge in [-0.25, -0.2) is 0 Å². The van der Waals surface area contributed by atoms with E-state index in [0.717, 1.165) is 17.3 Å². The number of nitrogens with zero attached hydrogens (tertiary/aromatic N) is 1. The minimum Gasteiger partial charge on any atom is -0.309 e. The summed E-state index contributed by atoms with van der Waals surface area (Å²) in [5, 5.41) is 12.4. The van der Waals surface area contributed by atoms with Crippen molar-refractivity contribution in [2.24, 2.45) is 5.92 Å². The van der Waals surface area contributed by atoms with Gasteiger partial charge in [0.15, 0.2) is 0 Å². The van der Waals surface area contributed by atoms with Crippen molar-refractivity contribution in [3.05, 3.63) is 21.9 Å². The van der Waals surface area contributed by atoms with Gasteiger partial charge >= 0.3 is 0 Å². The van der Waals surface area contributed by atoms with Crippen molar-refractivity contribution < 1.29 is 0 Å². The summed E-state index contributed by atoms with van der Waals surface area (Å²) in [6.45, 7) is 3.22. The van der Waals surface area contributed by atoms with Gasteiger partial charge in [0.2, 0.25) is 0 Å². The first-order valence-corrected chi connectivity index (χ1v) is 7.35. The van der Waals surface area contributed by atoms with Crippen LogP contribution in [0.15, 0.2) is 12.1 Å². The molecule has 1 aromatic rings. The van der Waals surface area contributed by atoms with Crippen LogP contribution in [0.4, 0.5) is 0 Å². The summed E-state index contributed by atoms with van der Waals surface area (Å²) in [5.41, 5.74) is 0. The van der Waals surface area contributed by atoms with Crippen LogP contribution in [0.5, 0.6) is 0 Å². The molecule has 1 saturated carbocycles. The number of thiophene rings is 1. The van der Waals surface area contributed by atoms with E-state index >= 15 is 0 Å². The van der Waals surface area contributed by atoms with E-state index in [1.807, 2.05) is 6.07 Å². The third kappa shape index (κ3) is 3.55. The zero-order chi connectivity index (χ0) is 12.1. The third-order valence-electron chi connectivity index (χ3n) is 3.76. The second-order valence-electron chi connectivity index (χ2n) is 4.88. The predicted octanol–water partition coefficient (Wildman–Crippen LogP) is 3.68. The maximum absolute atomic E-state index is 8.76. The number of hydrogen-bond donors (Lipinski definition) is 1. The van der Waals surface area contributed by atoms with Crippen LogP contribution in [0.2, 0.25) is 0 Å². The van der Waals surface area contributed by atoms with E-state index < -0.39 is 0 Å². The van der Waals surface area contributed by atoms with Crippen LogP contribution < -0.4 is 5.32 Å². The van der Waals surface area contributed by atoms with Crippen LogP contribution in [0.1, 0.15) is 48.8 Å². The van der Waals surface area contributed by atoms with Crippen molar-refractivity contribution in [3.8, 4) is 6.07 Å². The first-order chi connectivity index (χ1) is 8.31. The van der Waals surface area contributed by atoms with Crippen molar-refractivity contribution in [2.75, 3.05) is 0 Å². The lowest BCUT2D eigenvalue weighted by Gasteiger charge is -2.28. The fourth-order valence-corrected chi connectivity index (χ4v) is 3.31. The molecule has 0 aliphatic heterocycles. The summed E-state index contributed by atoms with van der Waals surface area (Å²) >= 11 is 1.60. The Kier molecular flexibility index (Phi) is 4.58. The molecule has 1 aromatic heterocycles. The standard InChI is InChI=1S/C14H20N2S/c1-2-11-3-5-12(6-4-11)16-10-14-8-7-13(9-15)17-14/h7-8,11-12,16H,2-6,10H2,1H3. The van der Waals surface area contributed by atoms with E-state index in [0.29, 0.717) is 6.04 Å². The highest BCUT2D eigenvalue weighted by molar-refractivity contribution is 7.12. The SMILES string of the molecule is CCC1CCC(NCc2ccc(C#N)s2)CC1. The molecule has 0 amide bonds. The van der Waals surface area contributed by atoms with E-state index in [9.17, 15) is 0 Å². The molecule has 0 radical (unpaired) electrons. The Hall–Kier alpha value is -0.850. The zero-order valence-electron chi connectivity index (χ0n) is 10.4. The summed E-state index contributed by atoms with van der Waals surface area (Å²) in [4.78, 5) is 2.09. The molecule has 0 spiro atoms. The summed E-state index contributed by atoms with van der Waals surface area (Å²) in [7, 11) is 0. The maximum atomic E-state index is 8.76. The van der Waals surface area contributed by atoms with Gasteiger partial charge in [-0.15, -0.1) is 11.3 Å². The van der Waals surface area contributed by atoms with Crippen LogP contribution in [-0.4, -0.2) is 6.04 Å². The maximum Gasteiger partial charge on any atom is 0.110 e. The van der Waals surface area contributed by atoms with E-state index in [4.69, 9.17) is 5.26 Å². The Morgan fingerprint density at radius 3 is 2.71 bits per heavy atom. The molecule has 0 saturated heterocycles. The monoisotopic (exact) mass is 248 g/mol. The second-order valence-corrected chi connectivity index (χ2v) is 6.05. The quantitative estimate of drug-likeness (QED) is 0.882. The van der Waals surface area contributed by atoms with Gasteiger partial charge in [-0.1, -0.05) is 13.3 Å². The smallest absolute Gasteiger partial charge is 0.110 e. The molecule has 0 atom stereocenters. The predicted molar refractivity (Wildman–Crippen MR) is 71.9 cm³/mol. The minimum atomic E-state index is 0.686. The lowest BCUT2D eigenvalue weighted by Crippen LogP contribution is -2.32. The molecular weight excluding hydrogens is 228 g/mol. The number of nitrogens with one attached hydrogen (secondary N) is 1. The first-order valence-electron chi connectivity index (χ1n) is 6.54. The molecule has 1 fully saturated rings. The van der Waals surface area contributed by atoms with Crippen LogP contribution >= 0.6 is 11.3 Å². The van der Waals surface area contributed by atoms with E-state index in [-0.39, 0.29) is 0 Å². The van der Waals surface area contributed by atoms with E-state index in [1.54, 1.807) is 11.3 Å². The van der Waals surface area contributed by atoms with Gasteiger partial charge in [-0.05, 0) is 43.7 Å². The summed E-state index contributed by atoms with van der Waals surface area (Å²) < 4.78 is 0. The van der Waals surface area contributed by atoms with Crippen LogP contribution in [0.25, 0.3) is 0 Å². The average Bonchev–Trinajstić information content (AvgIpc) is 2.85. The number of hydrogen-bond acceptors (Lipinski definition) is 3. The van der Waals surface area contributed by atoms with Crippen molar-refractivity contribution in [1.29, 1.82) is 5.26 Å². The fraction of sp³-hybridized carbons (Fsp3) is 0.643. The van der Waals surface area contributed by atoms with Crippen molar-refractivity contribution in [2.45, 2.75) is 51.6 Å². The van der Waals surface area contributed by atoms with Crippen molar-refractivity contribution in [1.82, 2.24) is 5.32 Å². The van der Waals surface area contributed by atoms with Crippen molar-refractivity contribution >= 4 is 11.3 Å². The molecule has 1 aliphatic rings.